The molecule has 0 unspecified atom stereocenters. The van der Waals surface area contributed by atoms with Crippen molar-refractivity contribution >= 4 is 44.9 Å². The van der Waals surface area contributed by atoms with Crippen molar-refractivity contribution in [1.82, 2.24) is 14.1 Å². The number of anilines is 1. The Labute approximate surface area is 224 Å². The monoisotopic (exact) mass is 518 g/mol. The molecule has 1 aliphatic rings. The predicted molar refractivity (Wildman–Crippen MR) is 153 cm³/mol. The molecule has 7 heteroatoms. The molecule has 1 aliphatic heterocycles. The molecule has 4 heterocycles. The molecule has 6 aromatic rings. The van der Waals surface area contributed by atoms with Gasteiger partial charge in [-0.05, 0) is 73.8 Å². The fourth-order valence-electron chi connectivity index (χ4n) is 5.56. The van der Waals surface area contributed by atoms with Crippen LogP contribution in [0.5, 0.6) is 0 Å². The molecule has 0 fully saturated rings. The number of methoxy groups -OCH3 is 1. The molecular weight excluding hydrogens is 492 g/mol. The zero-order valence-electron chi connectivity index (χ0n) is 21.4. The minimum absolute atomic E-state index is 0.253. The lowest BCUT2D eigenvalue weighted by Gasteiger charge is -2.36. The van der Waals surface area contributed by atoms with Gasteiger partial charge in [-0.3, -0.25) is 0 Å². The van der Waals surface area contributed by atoms with E-state index in [2.05, 4.69) is 94.3 Å². The van der Waals surface area contributed by atoms with E-state index in [4.69, 9.17) is 9.72 Å². The number of hydrogen-bond acceptors (Lipinski definition) is 5. The van der Waals surface area contributed by atoms with Gasteiger partial charge >= 0.3 is 5.97 Å². The van der Waals surface area contributed by atoms with Gasteiger partial charge in [0.2, 0.25) is 0 Å². The number of imidazole rings is 1. The number of rotatable bonds is 4. The van der Waals surface area contributed by atoms with Crippen molar-refractivity contribution in [2.45, 2.75) is 25.9 Å². The molecule has 0 saturated heterocycles. The summed E-state index contributed by atoms with van der Waals surface area (Å²) >= 11 is 1.72. The van der Waals surface area contributed by atoms with Crippen LogP contribution in [0.4, 0.5) is 5.69 Å². The van der Waals surface area contributed by atoms with Crippen LogP contribution in [0, 0.1) is 0 Å². The van der Waals surface area contributed by atoms with E-state index in [1.54, 1.807) is 17.4 Å². The first kappa shape index (κ1) is 22.8. The van der Waals surface area contributed by atoms with Crippen LogP contribution in [0.2, 0.25) is 0 Å². The lowest BCUT2D eigenvalue weighted by molar-refractivity contribution is 0.0601. The van der Waals surface area contributed by atoms with Gasteiger partial charge in [0.25, 0.3) is 0 Å². The fourth-order valence-corrected chi connectivity index (χ4v) is 6.25. The van der Waals surface area contributed by atoms with Crippen molar-refractivity contribution in [2.24, 2.45) is 0 Å². The van der Waals surface area contributed by atoms with E-state index in [0.717, 1.165) is 33.8 Å². The zero-order valence-corrected chi connectivity index (χ0v) is 22.2. The van der Waals surface area contributed by atoms with Crippen molar-refractivity contribution in [3.63, 3.8) is 0 Å². The number of thiophene rings is 1. The maximum atomic E-state index is 12.2. The van der Waals surface area contributed by atoms with Crippen molar-refractivity contribution < 1.29 is 9.53 Å². The Morgan fingerprint density at radius 3 is 2.68 bits per heavy atom. The third kappa shape index (κ3) is 3.46. The highest BCUT2D eigenvalue weighted by Crippen LogP contribution is 2.42. The van der Waals surface area contributed by atoms with E-state index in [9.17, 15) is 4.79 Å². The second-order valence-corrected chi connectivity index (χ2v) is 11.2. The summed E-state index contributed by atoms with van der Waals surface area (Å²) in [5, 5.41) is 7.10. The molecule has 38 heavy (non-hydrogen) atoms. The molecule has 7 rings (SSSR count). The Balaban J connectivity index is 1.42. The van der Waals surface area contributed by atoms with Crippen LogP contribution in [-0.4, -0.2) is 27.2 Å². The van der Waals surface area contributed by atoms with Gasteiger partial charge in [-0.2, -0.15) is 0 Å². The molecular formula is C31H26N4O2S. The number of aromatic nitrogens is 3. The zero-order chi connectivity index (χ0) is 26.0. The van der Waals surface area contributed by atoms with Crippen LogP contribution in [-0.2, 0) is 16.8 Å². The lowest BCUT2D eigenvalue weighted by atomic mass is 9.96. The van der Waals surface area contributed by atoms with Crippen molar-refractivity contribution in [3.05, 3.63) is 100 Å². The number of ether oxygens (including phenoxy) is 1. The van der Waals surface area contributed by atoms with Gasteiger partial charge in [-0.25, -0.2) is 9.78 Å². The second kappa shape index (κ2) is 8.33. The molecule has 0 atom stereocenters. The second-order valence-electron chi connectivity index (χ2n) is 10.2. The number of para-hydroxylation sites is 1. The maximum Gasteiger partial charge on any atom is 0.337 e. The first-order chi connectivity index (χ1) is 18.4. The van der Waals surface area contributed by atoms with Crippen molar-refractivity contribution in [3.8, 4) is 17.1 Å². The number of nitrogens with zero attached hydrogens (tertiary/aromatic N) is 3. The number of carbonyl (C=O) groups is 1. The molecule has 3 aromatic heterocycles. The van der Waals surface area contributed by atoms with E-state index >= 15 is 0 Å². The first-order valence-electron chi connectivity index (χ1n) is 12.6. The number of benzene rings is 3. The number of carbonyl (C=O) groups excluding carboxylic acids is 1. The third-order valence-corrected chi connectivity index (χ3v) is 8.22. The van der Waals surface area contributed by atoms with Gasteiger partial charge in [-0.1, -0.05) is 24.3 Å². The van der Waals surface area contributed by atoms with Gasteiger partial charge in [0, 0.05) is 21.5 Å². The summed E-state index contributed by atoms with van der Waals surface area (Å²) in [5.74, 6) is 0.497. The Bertz CT molecular complexity index is 1860. The largest absolute Gasteiger partial charge is 0.465 e. The van der Waals surface area contributed by atoms with Crippen LogP contribution in [0.1, 0.15) is 34.8 Å². The molecule has 3 aromatic carbocycles. The minimum atomic E-state index is -0.365. The molecule has 6 nitrogen and oxygen atoms in total. The predicted octanol–water partition coefficient (Wildman–Crippen LogP) is 7.20. The lowest BCUT2D eigenvalue weighted by Crippen LogP contribution is -2.34. The molecule has 0 bridgehead atoms. The average Bonchev–Trinajstić information content (AvgIpc) is 3.66. The summed E-state index contributed by atoms with van der Waals surface area (Å²) in [4.78, 5) is 18.5. The fraction of sp³-hybridized carbons (Fsp3) is 0.161. The van der Waals surface area contributed by atoms with Gasteiger partial charge in [0.05, 0.1) is 52.7 Å². The van der Waals surface area contributed by atoms with E-state index < -0.39 is 0 Å². The van der Waals surface area contributed by atoms with Crippen molar-refractivity contribution in [1.29, 1.82) is 0 Å². The Morgan fingerprint density at radius 2 is 1.87 bits per heavy atom. The van der Waals surface area contributed by atoms with Gasteiger partial charge < -0.3 is 19.2 Å². The van der Waals surface area contributed by atoms with Gasteiger partial charge in [-0.15, -0.1) is 11.3 Å². The summed E-state index contributed by atoms with van der Waals surface area (Å²) in [6.45, 7) is 5.13. The summed E-state index contributed by atoms with van der Waals surface area (Å²) in [5.41, 5.74) is 7.62. The van der Waals surface area contributed by atoms with E-state index in [-0.39, 0.29) is 11.5 Å². The first-order valence-corrected chi connectivity index (χ1v) is 13.5. The molecule has 188 valence electrons. The smallest absolute Gasteiger partial charge is 0.337 e. The summed E-state index contributed by atoms with van der Waals surface area (Å²) in [7, 11) is 1.40. The summed E-state index contributed by atoms with van der Waals surface area (Å²) in [6, 6.07) is 27.1. The molecule has 1 N–H and O–H groups in total. The van der Waals surface area contributed by atoms with Crippen LogP contribution in [0.25, 0.3) is 39.0 Å². The van der Waals surface area contributed by atoms with Crippen LogP contribution >= 0.6 is 11.3 Å². The highest BCUT2D eigenvalue weighted by molar-refractivity contribution is 7.09. The minimum Gasteiger partial charge on any atom is -0.465 e. The van der Waals surface area contributed by atoms with Gasteiger partial charge in [0.1, 0.15) is 5.82 Å². The normalized spacial score (nSPS) is 13.8. The summed E-state index contributed by atoms with van der Waals surface area (Å²) in [6.07, 6.45) is 0. The Kier molecular flexibility index (Phi) is 5.00. The summed E-state index contributed by atoms with van der Waals surface area (Å²) < 4.78 is 9.54. The molecule has 0 radical (unpaired) electrons. The third-order valence-electron chi connectivity index (χ3n) is 7.36. The number of nitrogens with one attached hydrogen (secondary N) is 1. The number of esters is 1. The average molecular weight is 519 g/mol. The quantitative estimate of drug-likeness (QED) is 0.251. The van der Waals surface area contributed by atoms with Crippen LogP contribution < -0.4 is 5.32 Å². The van der Waals surface area contributed by atoms with Gasteiger partial charge in [0.15, 0.2) is 0 Å². The van der Waals surface area contributed by atoms with E-state index in [1.807, 2.05) is 12.1 Å². The van der Waals surface area contributed by atoms with Crippen LogP contribution in [0.15, 0.2) is 84.2 Å². The Hall–Kier alpha value is -4.36. The van der Waals surface area contributed by atoms with E-state index in [0.29, 0.717) is 12.1 Å². The molecule has 0 spiro atoms. The molecule has 0 amide bonds. The SMILES string of the molecule is COC(=O)c1ccc2c(c1)nc(-c1ccc3c(c1)NC(C)(C)c1cc4ccccc4n1-3)n2Cc1cccs1. The topological polar surface area (TPSA) is 61.1 Å². The highest BCUT2D eigenvalue weighted by Gasteiger charge is 2.32. The number of hydrogen-bond donors (Lipinski definition) is 1. The Morgan fingerprint density at radius 1 is 1.00 bits per heavy atom. The molecule has 0 saturated carbocycles. The van der Waals surface area contributed by atoms with Crippen LogP contribution in [0.3, 0.4) is 0 Å². The standard InChI is InChI=1S/C31H26N4O2S/c1-31(2)28-17-19-7-4-5-9-25(19)35(28)27-13-10-20(15-24(27)33-31)29-32-23-16-21(30(36)37-3)11-12-26(23)34(29)18-22-8-6-14-38-22/h4-17,33H,18H2,1-3H3. The maximum absolute atomic E-state index is 12.2. The van der Waals surface area contributed by atoms with E-state index in [1.165, 1.54) is 28.6 Å². The molecule has 0 aliphatic carbocycles. The number of fused-ring (bicyclic) bond motifs is 6. The highest BCUT2D eigenvalue weighted by atomic mass is 32.1. The van der Waals surface area contributed by atoms with Crippen molar-refractivity contribution in [2.75, 3.05) is 12.4 Å².